The molecule has 0 aliphatic carbocycles. The summed E-state index contributed by atoms with van der Waals surface area (Å²) in [4.78, 5) is 4.75. The van der Waals surface area contributed by atoms with Gasteiger partial charge in [0.2, 0.25) is 0 Å². The fourth-order valence-corrected chi connectivity index (χ4v) is 2.98. The van der Waals surface area contributed by atoms with Crippen LogP contribution in [0.5, 0.6) is 0 Å². The largest absolute Gasteiger partial charge is 0.333 e. The number of aromatic nitrogens is 2. The van der Waals surface area contributed by atoms with Gasteiger partial charge in [-0.2, -0.15) is 0 Å². The second kappa shape index (κ2) is 4.78. The minimum absolute atomic E-state index is 0.317. The van der Waals surface area contributed by atoms with Crippen molar-refractivity contribution in [2.75, 3.05) is 6.54 Å². The Kier molecular flexibility index (Phi) is 3.16. The Labute approximate surface area is 103 Å². The van der Waals surface area contributed by atoms with E-state index in [1.807, 2.05) is 0 Å². The highest BCUT2D eigenvalue weighted by molar-refractivity contribution is 5.09. The molecule has 1 saturated heterocycles. The minimum atomic E-state index is 0.317. The standard InChI is InChI=1S/C13H22N4/c14-10-4-5-13-16-12(9-17(13)8-10)7-11-3-1-2-6-15-11/h9-11,15H,1-8,14H2. The van der Waals surface area contributed by atoms with Gasteiger partial charge in [0, 0.05) is 37.7 Å². The van der Waals surface area contributed by atoms with E-state index >= 15 is 0 Å². The van der Waals surface area contributed by atoms with Crippen LogP contribution in [-0.2, 0) is 19.4 Å². The average molecular weight is 234 g/mol. The molecule has 3 rings (SSSR count). The topological polar surface area (TPSA) is 55.9 Å². The van der Waals surface area contributed by atoms with E-state index in [0.29, 0.717) is 12.1 Å². The molecule has 4 nitrogen and oxygen atoms in total. The number of imidazole rings is 1. The van der Waals surface area contributed by atoms with Crippen LogP contribution in [0.3, 0.4) is 0 Å². The minimum Gasteiger partial charge on any atom is -0.333 e. The molecule has 2 unspecified atom stereocenters. The summed E-state index contributed by atoms with van der Waals surface area (Å²) in [5, 5.41) is 3.58. The predicted octanol–water partition coefficient (Wildman–Crippen LogP) is 0.841. The van der Waals surface area contributed by atoms with Gasteiger partial charge in [-0.15, -0.1) is 0 Å². The first-order valence-corrected chi connectivity index (χ1v) is 6.85. The first kappa shape index (κ1) is 11.2. The molecule has 0 bridgehead atoms. The second-order valence-electron chi connectivity index (χ2n) is 5.45. The van der Waals surface area contributed by atoms with Crippen molar-refractivity contribution in [3.8, 4) is 0 Å². The normalized spacial score (nSPS) is 29.0. The van der Waals surface area contributed by atoms with Crippen molar-refractivity contribution in [1.82, 2.24) is 14.9 Å². The molecule has 1 aromatic heterocycles. The highest BCUT2D eigenvalue weighted by atomic mass is 15.1. The van der Waals surface area contributed by atoms with Crippen LogP contribution in [0.4, 0.5) is 0 Å². The number of hydrogen-bond acceptors (Lipinski definition) is 3. The Morgan fingerprint density at radius 2 is 2.35 bits per heavy atom. The predicted molar refractivity (Wildman–Crippen MR) is 67.9 cm³/mol. The van der Waals surface area contributed by atoms with Crippen LogP contribution in [0.25, 0.3) is 0 Å². The molecule has 0 spiro atoms. The average Bonchev–Trinajstić information content (AvgIpc) is 2.71. The van der Waals surface area contributed by atoms with Crippen LogP contribution >= 0.6 is 0 Å². The van der Waals surface area contributed by atoms with Gasteiger partial charge in [-0.05, 0) is 25.8 Å². The molecule has 3 heterocycles. The lowest BCUT2D eigenvalue weighted by Crippen LogP contribution is -2.35. The number of aryl methyl sites for hydroxylation is 1. The molecule has 17 heavy (non-hydrogen) atoms. The van der Waals surface area contributed by atoms with E-state index in [1.165, 1.54) is 37.3 Å². The Morgan fingerprint density at radius 3 is 3.18 bits per heavy atom. The summed E-state index contributed by atoms with van der Waals surface area (Å²) in [7, 11) is 0. The maximum atomic E-state index is 5.98. The second-order valence-corrected chi connectivity index (χ2v) is 5.45. The first-order valence-electron chi connectivity index (χ1n) is 6.85. The number of nitrogens with one attached hydrogen (secondary N) is 1. The number of fused-ring (bicyclic) bond motifs is 1. The van der Waals surface area contributed by atoms with Gasteiger partial charge in [-0.25, -0.2) is 4.98 Å². The lowest BCUT2D eigenvalue weighted by atomic mass is 10.0. The summed E-state index contributed by atoms with van der Waals surface area (Å²) in [6, 6.07) is 0.951. The van der Waals surface area contributed by atoms with Crippen LogP contribution in [0.2, 0.25) is 0 Å². The van der Waals surface area contributed by atoms with Crippen LogP contribution in [-0.4, -0.2) is 28.2 Å². The summed E-state index contributed by atoms with van der Waals surface area (Å²) >= 11 is 0. The maximum absolute atomic E-state index is 5.98. The van der Waals surface area contributed by atoms with Crippen molar-refractivity contribution >= 4 is 0 Å². The zero-order chi connectivity index (χ0) is 11.7. The number of rotatable bonds is 2. The quantitative estimate of drug-likeness (QED) is 0.797. The third kappa shape index (κ3) is 2.53. The molecule has 2 aliphatic heterocycles. The van der Waals surface area contributed by atoms with Crippen molar-refractivity contribution in [2.24, 2.45) is 5.73 Å². The molecule has 1 aromatic rings. The third-order valence-electron chi connectivity index (χ3n) is 3.95. The molecule has 3 N–H and O–H groups in total. The van der Waals surface area contributed by atoms with Crippen LogP contribution in [0.1, 0.15) is 37.2 Å². The molecule has 94 valence electrons. The van der Waals surface area contributed by atoms with Crippen molar-refractivity contribution in [3.05, 3.63) is 17.7 Å². The highest BCUT2D eigenvalue weighted by Gasteiger charge is 2.19. The summed E-state index contributed by atoms with van der Waals surface area (Å²) in [6.07, 6.45) is 9.39. The SMILES string of the molecule is NC1CCc2nc(CC3CCCCN3)cn2C1. The zero-order valence-electron chi connectivity index (χ0n) is 10.4. The summed E-state index contributed by atoms with van der Waals surface area (Å²) in [6.45, 7) is 2.11. The van der Waals surface area contributed by atoms with Gasteiger partial charge < -0.3 is 15.6 Å². The molecule has 0 aromatic carbocycles. The zero-order valence-corrected chi connectivity index (χ0v) is 10.4. The molecular weight excluding hydrogens is 212 g/mol. The Morgan fingerprint density at radius 1 is 1.41 bits per heavy atom. The lowest BCUT2D eigenvalue weighted by molar-refractivity contribution is 0.397. The monoisotopic (exact) mass is 234 g/mol. The Hall–Kier alpha value is -0.870. The third-order valence-corrected chi connectivity index (χ3v) is 3.95. The summed E-state index contributed by atoms with van der Waals surface area (Å²) < 4.78 is 2.26. The molecule has 0 saturated carbocycles. The van der Waals surface area contributed by atoms with E-state index in [1.54, 1.807) is 0 Å². The van der Waals surface area contributed by atoms with E-state index < -0.39 is 0 Å². The van der Waals surface area contributed by atoms with E-state index in [9.17, 15) is 0 Å². The maximum Gasteiger partial charge on any atom is 0.109 e. The van der Waals surface area contributed by atoms with Gasteiger partial charge in [0.1, 0.15) is 5.82 Å². The molecular formula is C13H22N4. The summed E-state index contributed by atoms with van der Waals surface area (Å²) in [5.41, 5.74) is 7.23. The van der Waals surface area contributed by atoms with Gasteiger partial charge >= 0.3 is 0 Å². The molecule has 1 fully saturated rings. The number of nitrogens with zero attached hydrogens (tertiary/aromatic N) is 2. The van der Waals surface area contributed by atoms with E-state index in [2.05, 4.69) is 16.1 Å². The fourth-order valence-electron chi connectivity index (χ4n) is 2.98. The van der Waals surface area contributed by atoms with Crippen molar-refractivity contribution < 1.29 is 0 Å². The van der Waals surface area contributed by atoms with Gasteiger partial charge in [0.05, 0.1) is 5.69 Å². The van der Waals surface area contributed by atoms with Crippen molar-refractivity contribution in [3.63, 3.8) is 0 Å². The number of nitrogens with two attached hydrogens (primary N) is 1. The summed E-state index contributed by atoms with van der Waals surface area (Å²) in [5.74, 6) is 1.23. The first-order chi connectivity index (χ1) is 8.31. The number of piperidine rings is 1. The van der Waals surface area contributed by atoms with E-state index in [0.717, 1.165) is 25.8 Å². The van der Waals surface area contributed by atoms with Crippen molar-refractivity contribution in [2.45, 2.75) is 57.2 Å². The molecule has 0 radical (unpaired) electrons. The fraction of sp³-hybridized carbons (Fsp3) is 0.769. The van der Waals surface area contributed by atoms with Gasteiger partial charge in [0.15, 0.2) is 0 Å². The lowest BCUT2D eigenvalue weighted by Gasteiger charge is -2.22. The van der Waals surface area contributed by atoms with Gasteiger partial charge in [-0.3, -0.25) is 0 Å². The van der Waals surface area contributed by atoms with Crippen molar-refractivity contribution in [1.29, 1.82) is 0 Å². The van der Waals surface area contributed by atoms with E-state index in [4.69, 9.17) is 10.7 Å². The van der Waals surface area contributed by atoms with Crippen LogP contribution < -0.4 is 11.1 Å². The smallest absolute Gasteiger partial charge is 0.109 e. The Bertz CT molecular complexity index is 379. The number of hydrogen-bond donors (Lipinski definition) is 2. The Balaban J connectivity index is 1.67. The molecule has 4 heteroatoms. The highest BCUT2D eigenvalue weighted by Crippen LogP contribution is 2.17. The van der Waals surface area contributed by atoms with Gasteiger partial charge in [0.25, 0.3) is 0 Å². The van der Waals surface area contributed by atoms with Crippen LogP contribution in [0.15, 0.2) is 6.20 Å². The van der Waals surface area contributed by atoms with Crippen LogP contribution in [0, 0.1) is 0 Å². The molecule has 2 atom stereocenters. The van der Waals surface area contributed by atoms with E-state index in [-0.39, 0.29) is 0 Å². The molecule has 0 amide bonds. The molecule has 2 aliphatic rings. The van der Waals surface area contributed by atoms with Gasteiger partial charge in [-0.1, -0.05) is 6.42 Å².